The van der Waals surface area contributed by atoms with Crippen molar-refractivity contribution >= 4 is 36.1 Å². The molecule has 0 aliphatic carbocycles. The summed E-state index contributed by atoms with van der Waals surface area (Å²) in [5.74, 6) is 0.780. The molecule has 0 fully saturated rings. The molecule has 7 nitrogen and oxygen atoms in total. The van der Waals surface area contributed by atoms with Crippen molar-refractivity contribution < 1.29 is 4.79 Å². The summed E-state index contributed by atoms with van der Waals surface area (Å²) in [5, 5.41) is 6.95. The maximum atomic E-state index is 12.2. The minimum Gasteiger partial charge on any atom is -0.369 e. The van der Waals surface area contributed by atoms with Gasteiger partial charge in [-0.25, -0.2) is 9.97 Å². The Morgan fingerprint density at radius 2 is 1.94 bits per heavy atom. The quantitative estimate of drug-likeness (QED) is 0.464. The summed E-state index contributed by atoms with van der Waals surface area (Å²) in [7, 11) is 1.63. The number of benzene rings is 1. The number of para-hydroxylation sites is 1. The molecule has 3 aromatic heterocycles. The molecule has 0 radical (unpaired) electrons. The molecule has 3 heterocycles. The van der Waals surface area contributed by atoms with Crippen LogP contribution in [0.4, 0.5) is 5.82 Å². The van der Waals surface area contributed by atoms with Crippen LogP contribution in [0.5, 0.6) is 0 Å². The molecule has 0 saturated carbocycles. The van der Waals surface area contributed by atoms with Gasteiger partial charge in [0.1, 0.15) is 12.1 Å². The molecule has 0 bridgehead atoms. The fourth-order valence-corrected chi connectivity index (χ4v) is 3.60. The number of aromatic nitrogens is 4. The van der Waals surface area contributed by atoms with E-state index >= 15 is 0 Å². The topological polar surface area (TPSA) is 92.7 Å². The van der Waals surface area contributed by atoms with E-state index in [2.05, 4.69) is 43.6 Å². The van der Waals surface area contributed by atoms with Crippen molar-refractivity contribution in [2.75, 3.05) is 18.9 Å². The van der Waals surface area contributed by atoms with Crippen LogP contribution in [0.2, 0.25) is 0 Å². The molecule has 1 amide bonds. The largest absolute Gasteiger partial charge is 0.369 e. The van der Waals surface area contributed by atoms with Gasteiger partial charge in [0.05, 0.1) is 16.8 Å². The van der Waals surface area contributed by atoms with E-state index < -0.39 is 0 Å². The molecular formula is C24H26N6OS. The number of amides is 1. The fraction of sp³-hybridized carbons (Fsp3) is 0.208. The van der Waals surface area contributed by atoms with Gasteiger partial charge in [0.2, 0.25) is 0 Å². The van der Waals surface area contributed by atoms with Gasteiger partial charge in [0.25, 0.3) is 5.91 Å². The van der Waals surface area contributed by atoms with Crippen LogP contribution < -0.4 is 10.6 Å². The molecule has 0 aliphatic rings. The number of carbonyl (C=O) groups excluding carboxylic acids is 1. The number of hydrogen-bond donors (Lipinski definition) is 2. The first-order valence-corrected chi connectivity index (χ1v) is 10.1. The summed E-state index contributed by atoms with van der Waals surface area (Å²) in [6, 6.07) is 11.7. The second-order valence-electron chi connectivity index (χ2n) is 7.50. The van der Waals surface area contributed by atoms with E-state index in [4.69, 9.17) is 0 Å². The number of carbonyl (C=O) groups is 1. The Bertz CT molecular complexity index is 1250. The fourth-order valence-electron chi connectivity index (χ4n) is 3.60. The molecule has 8 heteroatoms. The molecule has 4 rings (SSSR count). The van der Waals surface area contributed by atoms with E-state index in [9.17, 15) is 4.79 Å². The predicted octanol–water partition coefficient (Wildman–Crippen LogP) is 4.08. The smallest absolute Gasteiger partial charge is 0.251 e. The van der Waals surface area contributed by atoms with Crippen molar-refractivity contribution in [2.45, 2.75) is 19.8 Å². The normalized spacial score (nSPS) is 11.5. The average molecular weight is 447 g/mol. The number of aryl methyl sites for hydroxylation is 1. The monoisotopic (exact) mass is 446 g/mol. The number of anilines is 1. The molecule has 164 valence electrons. The highest BCUT2D eigenvalue weighted by molar-refractivity contribution is 7.59. The molecule has 1 aromatic carbocycles. The molecule has 0 spiro atoms. The maximum Gasteiger partial charge on any atom is 0.251 e. The van der Waals surface area contributed by atoms with E-state index in [1.807, 2.05) is 37.4 Å². The van der Waals surface area contributed by atoms with Gasteiger partial charge in [-0.1, -0.05) is 25.1 Å². The van der Waals surface area contributed by atoms with Crippen molar-refractivity contribution in [3.63, 3.8) is 0 Å². The summed E-state index contributed by atoms with van der Waals surface area (Å²) in [6.45, 7) is 4.79. The third-order valence-corrected chi connectivity index (χ3v) is 5.23. The first kappa shape index (κ1) is 23.1. The Kier molecular flexibility index (Phi) is 7.37. The second kappa shape index (κ2) is 10.2. The van der Waals surface area contributed by atoms with Crippen LogP contribution in [-0.4, -0.2) is 39.4 Å². The lowest BCUT2D eigenvalue weighted by molar-refractivity contribution is 0.0964. The van der Waals surface area contributed by atoms with Gasteiger partial charge in [0.15, 0.2) is 0 Å². The Balaban J connectivity index is 0.00000289. The van der Waals surface area contributed by atoms with Crippen LogP contribution in [-0.2, 0) is 0 Å². The zero-order valence-electron chi connectivity index (χ0n) is 18.3. The standard InChI is InChI=1S/C24H24N6O.H2S/c1-15-9-17(13-26-11-15)21-10-22(30-14-29-21)28-12-16(2)18-5-4-6-19-20(24(31)25-3)7-8-27-23(18)19;/h4-11,13-14,16H,12H2,1-3H3,(H,25,31)(H,28,29,30);1H2/t16-;/m1./s1. The molecule has 0 aliphatic heterocycles. The predicted molar refractivity (Wildman–Crippen MR) is 132 cm³/mol. The SMILES string of the molecule is CNC(=O)c1ccnc2c([C@H](C)CNc3cc(-c4cncc(C)c4)ncn3)cccc12.S. The van der Waals surface area contributed by atoms with Gasteiger partial charge < -0.3 is 10.6 Å². The third kappa shape index (κ3) is 4.86. The summed E-state index contributed by atoms with van der Waals surface area (Å²) in [6.07, 6.45) is 6.86. The number of nitrogens with one attached hydrogen (secondary N) is 2. The van der Waals surface area contributed by atoms with Gasteiger partial charge in [0, 0.05) is 55.1 Å². The van der Waals surface area contributed by atoms with Crippen molar-refractivity contribution in [1.82, 2.24) is 25.3 Å². The van der Waals surface area contributed by atoms with Crippen molar-refractivity contribution in [3.05, 3.63) is 78.0 Å². The van der Waals surface area contributed by atoms with E-state index in [-0.39, 0.29) is 25.3 Å². The lowest BCUT2D eigenvalue weighted by Gasteiger charge is -2.16. The van der Waals surface area contributed by atoms with Crippen LogP contribution in [0.3, 0.4) is 0 Å². The van der Waals surface area contributed by atoms with Gasteiger partial charge in [-0.2, -0.15) is 13.5 Å². The van der Waals surface area contributed by atoms with E-state index in [0.717, 1.165) is 39.1 Å². The lowest BCUT2D eigenvalue weighted by atomic mass is 9.96. The van der Waals surface area contributed by atoms with Crippen molar-refractivity contribution in [3.8, 4) is 11.3 Å². The zero-order valence-corrected chi connectivity index (χ0v) is 19.3. The van der Waals surface area contributed by atoms with Gasteiger partial charge in [-0.15, -0.1) is 0 Å². The molecule has 32 heavy (non-hydrogen) atoms. The molecule has 0 unspecified atom stereocenters. The lowest BCUT2D eigenvalue weighted by Crippen LogP contribution is -2.18. The van der Waals surface area contributed by atoms with E-state index in [1.54, 1.807) is 31.8 Å². The summed E-state index contributed by atoms with van der Waals surface area (Å²) in [4.78, 5) is 29.7. The minimum absolute atomic E-state index is 0. The third-order valence-electron chi connectivity index (χ3n) is 5.23. The van der Waals surface area contributed by atoms with Crippen LogP contribution >= 0.6 is 13.5 Å². The molecule has 2 N–H and O–H groups in total. The summed E-state index contributed by atoms with van der Waals surface area (Å²) in [5.41, 5.74) is 5.41. The van der Waals surface area contributed by atoms with E-state index in [0.29, 0.717) is 12.1 Å². The Morgan fingerprint density at radius 1 is 1.09 bits per heavy atom. The highest BCUT2D eigenvalue weighted by Gasteiger charge is 2.15. The van der Waals surface area contributed by atoms with Gasteiger partial charge >= 0.3 is 0 Å². The van der Waals surface area contributed by atoms with Gasteiger partial charge in [-0.3, -0.25) is 14.8 Å². The van der Waals surface area contributed by atoms with Crippen LogP contribution in [0.15, 0.2) is 61.3 Å². The zero-order chi connectivity index (χ0) is 21.8. The van der Waals surface area contributed by atoms with Crippen LogP contribution in [0.1, 0.15) is 34.3 Å². The highest BCUT2D eigenvalue weighted by Crippen LogP contribution is 2.27. The molecule has 1 atom stereocenters. The average Bonchev–Trinajstić information content (AvgIpc) is 2.81. The molecule has 0 saturated heterocycles. The number of pyridine rings is 2. The summed E-state index contributed by atoms with van der Waals surface area (Å²) < 4.78 is 0. The van der Waals surface area contributed by atoms with E-state index in [1.165, 1.54) is 0 Å². The number of rotatable bonds is 6. The number of nitrogens with zero attached hydrogens (tertiary/aromatic N) is 4. The Morgan fingerprint density at radius 3 is 2.72 bits per heavy atom. The molecule has 4 aromatic rings. The maximum absolute atomic E-state index is 12.2. The second-order valence-corrected chi connectivity index (χ2v) is 7.50. The minimum atomic E-state index is -0.116. The van der Waals surface area contributed by atoms with Crippen LogP contribution in [0, 0.1) is 6.92 Å². The van der Waals surface area contributed by atoms with Crippen LogP contribution in [0.25, 0.3) is 22.2 Å². The van der Waals surface area contributed by atoms with Crippen molar-refractivity contribution in [1.29, 1.82) is 0 Å². The van der Waals surface area contributed by atoms with Gasteiger partial charge in [-0.05, 0) is 30.2 Å². The first-order chi connectivity index (χ1) is 15.1. The Labute approximate surface area is 194 Å². The Hall–Kier alpha value is -3.52. The van der Waals surface area contributed by atoms with Crippen molar-refractivity contribution in [2.24, 2.45) is 0 Å². The number of fused-ring (bicyclic) bond motifs is 1. The first-order valence-electron chi connectivity index (χ1n) is 10.1. The number of hydrogen-bond acceptors (Lipinski definition) is 6. The molecular weight excluding hydrogens is 420 g/mol. The summed E-state index contributed by atoms with van der Waals surface area (Å²) >= 11 is 0. The highest BCUT2D eigenvalue weighted by atomic mass is 32.1.